The van der Waals surface area contributed by atoms with Crippen LogP contribution >= 0.6 is 0 Å². The molecule has 2 rings (SSSR count). The molecular formula is C18H22FNO4S. The Morgan fingerprint density at radius 1 is 0.960 bits per heavy atom. The average Bonchev–Trinajstić information content (AvgIpc) is 2.53. The second kappa shape index (κ2) is 6.92. The van der Waals surface area contributed by atoms with Crippen molar-refractivity contribution in [3.05, 3.63) is 47.8 Å². The van der Waals surface area contributed by atoms with Gasteiger partial charge in [-0.05, 0) is 23.1 Å². The monoisotopic (exact) mass is 367 g/mol. The minimum atomic E-state index is -4.11. The second-order valence-corrected chi connectivity index (χ2v) is 8.22. The van der Waals surface area contributed by atoms with Crippen LogP contribution in [0.3, 0.4) is 0 Å². The second-order valence-electron chi connectivity index (χ2n) is 6.57. The summed E-state index contributed by atoms with van der Waals surface area (Å²) in [4.78, 5) is -0.509. The fraction of sp³-hybridized carbons (Fsp3) is 0.333. The number of nitrogens with one attached hydrogen (secondary N) is 1. The first-order valence-corrected chi connectivity index (χ1v) is 9.11. The number of benzene rings is 2. The highest BCUT2D eigenvalue weighted by molar-refractivity contribution is 7.92. The molecule has 0 aromatic heterocycles. The Kier molecular flexibility index (Phi) is 5.27. The molecule has 5 nitrogen and oxygen atoms in total. The number of anilines is 1. The van der Waals surface area contributed by atoms with Gasteiger partial charge in [-0.2, -0.15) is 0 Å². The van der Waals surface area contributed by atoms with E-state index >= 15 is 0 Å². The van der Waals surface area contributed by atoms with E-state index in [0.717, 1.165) is 17.7 Å². The summed E-state index contributed by atoms with van der Waals surface area (Å²) in [6.07, 6.45) is 0. The van der Waals surface area contributed by atoms with Crippen molar-refractivity contribution in [2.45, 2.75) is 31.1 Å². The Bertz CT molecular complexity index is 856. The molecule has 0 saturated heterocycles. The summed E-state index contributed by atoms with van der Waals surface area (Å²) in [5.74, 6) is -0.669. The van der Waals surface area contributed by atoms with Gasteiger partial charge in [-0.1, -0.05) is 32.9 Å². The van der Waals surface area contributed by atoms with E-state index in [-0.39, 0.29) is 16.9 Å². The number of rotatable bonds is 5. The van der Waals surface area contributed by atoms with Crippen LogP contribution < -0.4 is 14.2 Å². The largest absolute Gasteiger partial charge is 0.493 e. The molecule has 0 unspecified atom stereocenters. The molecule has 0 bridgehead atoms. The number of methoxy groups -OCH3 is 2. The SMILES string of the molecule is COc1cc(F)c(S(=O)(=O)Nc2ccc(C(C)(C)C)cc2)cc1OC. The lowest BCUT2D eigenvalue weighted by Gasteiger charge is -2.19. The van der Waals surface area contributed by atoms with Gasteiger partial charge in [0, 0.05) is 17.8 Å². The molecule has 1 N–H and O–H groups in total. The van der Waals surface area contributed by atoms with Gasteiger partial charge >= 0.3 is 0 Å². The van der Waals surface area contributed by atoms with E-state index in [4.69, 9.17) is 9.47 Å². The molecule has 0 amide bonds. The summed E-state index contributed by atoms with van der Waals surface area (Å²) in [5.41, 5.74) is 1.36. The fourth-order valence-corrected chi connectivity index (χ4v) is 3.42. The molecule has 0 spiro atoms. The summed E-state index contributed by atoms with van der Waals surface area (Å²) in [5, 5.41) is 0. The van der Waals surface area contributed by atoms with E-state index in [1.807, 2.05) is 12.1 Å². The van der Waals surface area contributed by atoms with E-state index < -0.39 is 20.7 Å². The van der Waals surface area contributed by atoms with Crippen molar-refractivity contribution < 1.29 is 22.3 Å². The van der Waals surface area contributed by atoms with E-state index in [0.29, 0.717) is 5.69 Å². The maximum absolute atomic E-state index is 14.2. The van der Waals surface area contributed by atoms with Crippen LogP contribution in [0.5, 0.6) is 11.5 Å². The van der Waals surface area contributed by atoms with Gasteiger partial charge in [0.25, 0.3) is 10.0 Å². The topological polar surface area (TPSA) is 64.6 Å². The Morgan fingerprint density at radius 3 is 1.96 bits per heavy atom. The molecule has 136 valence electrons. The molecule has 0 aliphatic heterocycles. The number of halogens is 1. The Balaban J connectivity index is 2.36. The standard InChI is InChI=1S/C18H22FNO4S/c1-18(2,3)12-6-8-13(9-7-12)20-25(21,22)17-11-16(24-5)15(23-4)10-14(17)19/h6-11,20H,1-5H3. The van der Waals surface area contributed by atoms with E-state index in [1.54, 1.807) is 12.1 Å². The molecule has 25 heavy (non-hydrogen) atoms. The highest BCUT2D eigenvalue weighted by Crippen LogP contribution is 2.33. The van der Waals surface area contributed by atoms with Gasteiger partial charge in [0.05, 0.1) is 14.2 Å². The minimum absolute atomic E-state index is 0.0487. The minimum Gasteiger partial charge on any atom is -0.493 e. The van der Waals surface area contributed by atoms with Crippen LogP contribution in [0.15, 0.2) is 41.3 Å². The summed E-state index contributed by atoms with van der Waals surface area (Å²) < 4.78 is 51.7. The maximum atomic E-state index is 14.2. The quantitative estimate of drug-likeness (QED) is 0.869. The highest BCUT2D eigenvalue weighted by Gasteiger charge is 2.23. The van der Waals surface area contributed by atoms with Crippen molar-refractivity contribution in [3.8, 4) is 11.5 Å². The molecule has 7 heteroatoms. The Hall–Kier alpha value is -2.28. The fourth-order valence-electron chi connectivity index (χ4n) is 2.29. The van der Waals surface area contributed by atoms with Crippen LogP contribution in [0.2, 0.25) is 0 Å². The van der Waals surface area contributed by atoms with Gasteiger partial charge < -0.3 is 9.47 Å². The van der Waals surface area contributed by atoms with Gasteiger partial charge in [-0.25, -0.2) is 12.8 Å². The highest BCUT2D eigenvalue weighted by atomic mass is 32.2. The first-order chi connectivity index (χ1) is 11.6. The molecule has 0 aliphatic carbocycles. The molecule has 0 saturated carbocycles. The van der Waals surface area contributed by atoms with Crippen molar-refractivity contribution in [1.29, 1.82) is 0 Å². The van der Waals surface area contributed by atoms with Gasteiger partial charge in [-0.15, -0.1) is 0 Å². The van der Waals surface area contributed by atoms with Crippen LogP contribution in [-0.2, 0) is 15.4 Å². The zero-order chi connectivity index (χ0) is 18.8. The van der Waals surface area contributed by atoms with Gasteiger partial charge in [-0.3, -0.25) is 4.72 Å². The first-order valence-electron chi connectivity index (χ1n) is 7.63. The van der Waals surface area contributed by atoms with E-state index in [1.165, 1.54) is 14.2 Å². The van der Waals surface area contributed by atoms with E-state index in [2.05, 4.69) is 25.5 Å². The van der Waals surface area contributed by atoms with Gasteiger partial charge in [0.2, 0.25) is 0 Å². The van der Waals surface area contributed by atoms with Crippen LogP contribution in [0.25, 0.3) is 0 Å². The first kappa shape index (κ1) is 19.1. The molecule has 2 aromatic rings. The van der Waals surface area contributed by atoms with Crippen molar-refractivity contribution >= 4 is 15.7 Å². The Morgan fingerprint density at radius 2 is 1.48 bits per heavy atom. The molecular weight excluding hydrogens is 345 g/mol. The molecule has 0 heterocycles. The third-order valence-electron chi connectivity index (χ3n) is 3.73. The third kappa shape index (κ3) is 4.22. The predicted molar refractivity (Wildman–Crippen MR) is 95.5 cm³/mol. The molecule has 2 aromatic carbocycles. The van der Waals surface area contributed by atoms with Gasteiger partial charge in [0.1, 0.15) is 10.7 Å². The van der Waals surface area contributed by atoms with Crippen LogP contribution in [0.4, 0.5) is 10.1 Å². The molecule has 0 aliphatic rings. The number of sulfonamides is 1. The summed E-state index contributed by atoms with van der Waals surface area (Å²) in [7, 11) is -1.41. The number of hydrogen-bond acceptors (Lipinski definition) is 4. The molecule has 0 fully saturated rings. The maximum Gasteiger partial charge on any atom is 0.264 e. The normalized spacial score (nSPS) is 11.9. The number of hydrogen-bond donors (Lipinski definition) is 1. The zero-order valence-corrected chi connectivity index (χ0v) is 15.7. The third-order valence-corrected chi connectivity index (χ3v) is 5.13. The van der Waals surface area contributed by atoms with Crippen molar-refractivity contribution in [1.82, 2.24) is 0 Å². The van der Waals surface area contributed by atoms with Crippen LogP contribution in [-0.4, -0.2) is 22.6 Å². The van der Waals surface area contributed by atoms with Crippen molar-refractivity contribution in [3.63, 3.8) is 0 Å². The number of ether oxygens (including phenoxy) is 2. The average molecular weight is 367 g/mol. The van der Waals surface area contributed by atoms with Crippen molar-refractivity contribution in [2.75, 3.05) is 18.9 Å². The molecule has 0 atom stereocenters. The van der Waals surface area contributed by atoms with Gasteiger partial charge in [0.15, 0.2) is 11.5 Å². The lowest BCUT2D eigenvalue weighted by molar-refractivity contribution is 0.350. The van der Waals surface area contributed by atoms with Crippen LogP contribution in [0.1, 0.15) is 26.3 Å². The van der Waals surface area contributed by atoms with Crippen molar-refractivity contribution in [2.24, 2.45) is 0 Å². The van der Waals surface area contributed by atoms with E-state index in [9.17, 15) is 12.8 Å². The summed E-state index contributed by atoms with van der Waals surface area (Å²) in [6.45, 7) is 6.18. The lowest BCUT2D eigenvalue weighted by atomic mass is 9.87. The lowest BCUT2D eigenvalue weighted by Crippen LogP contribution is -2.16. The smallest absolute Gasteiger partial charge is 0.264 e. The summed E-state index contributed by atoms with van der Waals surface area (Å²) >= 11 is 0. The zero-order valence-electron chi connectivity index (χ0n) is 14.9. The predicted octanol–water partition coefficient (Wildman–Crippen LogP) is 3.94. The van der Waals surface area contributed by atoms with Crippen LogP contribution in [0, 0.1) is 5.82 Å². The summed E-state index contributed by atoms with van der Waals surface area (Å²) in [6, 6.07) is 9.05. The Labute approximate surface area is 147 Å². The molecule has 0 radical (unpaired) electrons.